The van der Waals surface area contributed by atoms with E-state index < -0.39 is 15.6 Å². The fourth-order valence-electron chi connectivity index (χ4n) is 2.36. The zero-order chi connectivity index (χ0) is 13.4. The first-order valence-corrected chi connectivity index (χ1v) is 7.55. The maximum Gasteiger partial charge on any atom is 0.243 e. The quantitative estimate of drug-likeness (QED) is 0.886. The van der Waals surface area contributed by atoms with Gasteiger partial charge in [0.2, 0.25) is 10.0 Å². The molecule has 0 radical (unpaired) electrons. The number of hydrogen-bond donors (Lipinski definition) is 1. The van der Waals surface area contributed by atoms with Gasteiger partial charge in [0.25, 0.3) is 0 Å². The van der Waals surface area contributed by atoms with Crippen LogP contribution in [-0.4, -0.2) is 36.5 Å². The van der Waals surface area contributed by atoms with E-state index in [4.69, 9.17) is 0 Å². The smallest absolute Gasteiger partial charge is 0.243 e. The Labute approximate surface area is 108 Å². The van der Waals surface area contributed by atoms with Gasteiger partial charge in [-0.3, -0.25) is 0 Å². The van der Waals surface area contributed by atoms with Crippen molar-refractivity contribution >= 4 is 10.0 Å². The molecule has 5 heteroatoms. The molecule has 1 heterocycles. The van der Waals surface area contributed by atoms with Crippen LogP contribution in [-0.2, 0) is 10.0 Å². The van der Waals surface area contributed by atoms with Crippen LogP contribution < -0.4 is 0 Å². The summed E-state index contributed by atoms with van der Waals surface area (Å²) in [7, 11) is -3.49. The molecule has 1 N–H and O–H groups in total. The van der Waals surface area contributed by atoms with Crippen molar-refractivity contribution in [2.45, 2.75) is 37.2 Å². The summed E-state index contributed by atoms with van der Waals surface area (Å²) in [5.41, 5.74) is -0.184. The molecule has 0 aliphatic carbocycles. The Morgan fingerprint density at radius 3 is 2.61 bits per heavy atom. The SMILES string of the molecule is Cc1ccccc1S(=O)(=O)N1CCCC(C)(O)C1. The summed E-state index contributed by atoms with van der Waals surface area (Å²) >= 11 is 0. The van der Waals surface area contributed by atoms with Gasteiger partial charge in [0, 0.05) is 13.1 Å². The van der Waals surface area contributed by atoms with E-state index in [-0.39, 0.29) is 6.54 Å². The Bertz CT molecular complexity index is 537. The maximum absolute atomic E-state index is 12.5. The van der Waals surface area contributed by atoms with Crippen molar-refractivity contribution in [3.05, 3.63) is 29.8 Å². The highest BCUT2D eigenvalue weighted by Crippen LogP contribution is 2.27. The monoisotopic (exact) mass is 269 g/mol. The number of aliphatic hydroxyl groups is 1. The molecule has 1 aliphatic rings. The first-order chi connectivity index (χ1) is 8.33. The molecule has 1 saturated heterocycles. The predicted octanol–water partition coefficient (Wildman–Crippen LogP) is 1.53. The molecule has 0 spiro atoms. The zero-order valence-corrected chi connectivity index (χ0v) is 11.6. The Kier molecular flexibility index (Phi) is 3.49. The van der Waals surface area contributed by atoms with Crippen LogP contribution in [0.1, 0.15) is 25.3 Å². The van der Waals surface area contributed by atoms with Crippen molar-refractivity contribution < 1.29 is 13.5 Å². The van der Waals surface area contributed by atoms with E-state index in [1.54, 1.807) is 32.0 Å². The van der Waals surface area contributed by atoms with Gasteiger partial charge in [-0.1, -0.05) is 18.2 Å². The summed E-state index contributed by atoms with van der Waals surface area (Å²) in [5, 5.41) is 10.0. The van der Waals surface area contributed by atoms with E-state index in [1.165, 1.54) is 4.31 Å². The van der Waals surface area contributed by atoms with Gasteiger partial charge >= 0.3 is 0 Å². The molecule has 1 atom stereocenters. The van der Waals surface area contributed by atoms with Gasteiger partial charge in [-0.05, 0) is 38.3 Å². The Balaban J connectivity index is 2.35. The third-order valence-electron chi connectivity index (χ3n) is 3.35. The summed E-state index contributed by atoms with van der Waals surface area (Å²) < 4.78 is 26.4. The van der Waals surface area contributed by atoms with Crippen LogP contribution in [0, 0.1) is 6.92 Å². The average molecular weight is 269 g/mol. The lowest BCUT2D eigenvalue weighted by molar-refractivity contribution is 0.00939. The summed E-state index contributed by atoms with van der Waals surface area (Å²) in [6.07, 6.45) is 1.34. The fourth-order valence-corrected chi connectivity index (χ4v) is 4.19. The fraction of sp³-hybridized carbons (Fsp3) is 0.538. The largest absolute Gasteiger partial charge is 0.389 e. The van der Waals surface area contributed by atoms with Crippen LogP contribution >= 0.6 is 0 Å². The number of aryl methyl sites for hydroxylation is 1. The molecule has 100 valence electrons. The van der Waals surface area contributed by atoms with Gasteiger partial charge in [-0.2, -0.15) is 4.31 Å². The molecule has 0 aromatic heterocycles. The van der Waals surface area contributed by atoms with E-state index in [9.17, 15) is 13.5 Å². The number of benzene rings is 1. The second-order valence-corrected chi connectivity index (χ2v) is 7.11. The van der Waals surface area contributed by atoms with E-state index in [0.29, 0.717) is 24.3 Å². The van der Waals surface area contributed by atoms with Crippen molar-refractivity contribution in [2.75, 3.05) is 13.1 Å². The Hall–Kier alpha value is -0.910. The van der Waals surface area contributed by atoms with E-state index in [2.05, 4.69) is 0 Å². The number of nitrogens with zero attached hydrogens (tertiary/aromatic N) is 1. The molecule has 18 heavy (non-hydrogen) atoms. The van der Waals surface area contributed by atoms with Crippen molar-refractivity contribution in [1.82, 2.24) is 4.31 Å². The highest BCUT2D eigenvalue weighted by molar-refractivity contribution is 7.89. The standard InChI is InChI=1S/C13H19NO3S/c1-11-6-3-4-7-12(11)18(16,17)14-9-5-8-13(2,15)10-14/h3-4,6-7,15H,5,8-10H2,1-2H3. The first kappa shape index (κ1) is 13.5. The molecule has 0 saturated carbocycles. The molecular formula is C13H19NO3S. The number of β-amino-alcohol motifs (C(OH)–C–C–N with tert-alkyl or cyclic N) is 1. The van der Waals surface area contributed by atoms with Crippen LogP contribution in [0.5, 0.6) is 0 Å². The van der Waals surface area contributed by atoms with Crippen LogP contribution in [0.25, 0.3) is 0 Å². The van der Waals surface area contributed by atoms with Crippen LogP contribution in [0.15, 0.2) is 29.2 Å². The van der Waals surface area contributed by atoms with Crippen LogP contribution in [0.4, 0.5) is 0 Å². The van der Waals surface area contributed by atoms with Gasteiger partial charge in [-0.15, -0.1) is 0 Å². The lowest BCUT2D eigenvalue weighted by Gasteiger charge is -2.36. The number of sulfonamides is 1. The highest BCUT2D eigenvalue weighted by atomic mass is 32.2. The molecule has 4 nitrogen and oxygen atoms in total. The molecule has 1 aromatic rings. The average Bonchev–Trinajstić information content (AvgIpc) is 2.28. The van der Waals surface area contributed by atoms with Gasteiger partial charge in [-0.25, -0.2) is 8.42 Å². The summed E-state index contributed by atoms with van der Waals surface area (Å²) in [5.74, 6) is 0. The Morgan fingerprint density at radius 2 is 2.00 bits per heavy atom. The van der Waals surface area contributed by atoms with Crippen molar-refractivity contribution in [2.24, 2.45) is 0 Å². The molecule has 0 bridgehead atoms. The topological polar surface area (TPSA) is 57.6 Å². The zero-order valence-electron chi connectivity index (χ0n) is 10.8. The van der Waals surface area contributed by atoms with Gasteiger partial charge in [0.05, 0.1) is 10.5 Å². The molecule has 1 unspecified atom stereocenters. The molecule has 1 aliphatic heterocycles. The van der Waals surface area contributed by atoms with E-state index >= 15 is 0 Å². The van der Waals surface area contributed by atoms with E-state index in [1.807, 2.05) is 6.07 Å². The van der Waals surface area contributed by atoms with Crippen molar-refractivity contribution in [1.29, 1.82) is 0 Å². The normalized spacial score (nSPS) is 26.2. The number of piperidine rings is 1. The predicted molar refractivity (Wildman–Crippen MR) is 69.8 cm³/mol. The maximum atomic E-state index is 12.5. The molecule has 1 aromatic carbocycles. The first-order valence-electron chi connectivity index (χ1n) is 6.11. The molecule has 2 rings (SSSR count). The van der Waals surface area contributed by atoms with Gasteiger partial charge < -0.3 is 5.11 Å². The lowest BCUT2D eigenvalue weighted by atomic mass is 9.97. The molecular weight excluding hydrogens is 250 g/mol. The number of hydrogen-bond acceptors (Lipinski definition) is 3. The summed E-state index contributed by atoms with van der Waals surface area (Å²) in [6.45, 7) is 4.12. The van der Waals surface area contributed by atoms with Gasteiger partial charge in [0.15, 0.2) is 0 Å². The molecule has 0 amide bonds. The number of rotatable bonds is 2. The Morgan fingerprint density at radius 1 is 1.33 bits per heavy atom. The summed E-state index contributed by atoms with van der Waals surface area (Å²) in [4.78, 5) is 0.336. The second-order valence-electron chi connectivity index (χ2n) is 5.20. The van der Waals surface area contributed by atoms with Crippen LogP contribution in [0.2, 0.25) is 0 Å². The highest BCUT2D eigenvalue weighted by Gasteiger charge is 2.35. The second kappa shape index (κ2) is 4.64. The third-order valence-corrected chi connectivity index (χ3v) is 5.36. The lowest BCUT2D eigenvalue weighted by Crippen LogP contribution is -2.48. The molecule has 1 fully saturated rings. The van der Waals surface area contributed by atoms with E-state index in [0.717, 1.165) is 5.56 Å². The minimum atomic E-state index is -3.49. The minimum Gasteiger partial charge on any atom is -0.389 e. The van der Waals surface area contributed by atoms with Crippen LogP contribution in [0.3, 0.4) is 0 Å². The summed E-state index contributed by atoms with van der Waals surface area (Å²) in [6, 6.07) is 6.95. The minimum absolute atomic E-state index is 0.170. The third kappa shape index (κ3) is 2.58. The van der Waals surface area contributed by atoms with Crippen molar-refractivity contribution in [3.8, 4) is 0 Å². The van der Waals surface area contributed by atoms with Crippen molar-refractivity contribution in [3.63, 3.8) is 0 Å². The van der Waals surface area contributed by atoms with Gasteiger partial charge in [0.1, 0.15) is 0 Å².